The topological polar surface area (TPSA) is 75.0 Å². The molecule has 0 radical (unpaired) electrons. The third kappa shape index (κ3) is 1.55. The standard InChI is InChI=1S/C13H12N2O3/c1-6-3-8-5-9-11(16)14-13(17)15-12(9)18-10(8)4-7(6)2/h3-4H,5H2,1-2H3,(H2,14,15,16,17). The van der Waals surface area contributed by atoms with Gasteiger partial charge in [-0.3, -0.25) is 14.8 Å². The lowest BCUT2D eigenvalue weighted by molar-refractivity contribution is 0.434. The van der Waals surface area contributed by atoms with Crippen molar-refractivity contribution in [2.24, 2.45) is 0 Å². The van der Waals surface area contributed by atoms with Gasteiger partial charge in [0.05, 0.1) is 5.56 Å². The highest BCUT2D eigenvalue weighted by atomic mass is 16.5. The fourth-order valence-electron chi connectivity index (χ4n) is 2.12. The van der Waals surface area contributed by atoms with Crippen molar-refractivity contribution in [2.75, 3.05) is 0 Å². The molecule has 1 aliphatic heterocycles. The fraction of sp³-hybridized carbons (Fsp3) is 0.231. The van der Waals surface area contributed by atoms with Crippen LogP contribution in [0.15, 0.2) is 21.7 Å². The maximum Gasteiger partial charge on any atom is 0.328 e. The van der Waals surface area contributed by atoms with E-state index in [1.807, 2.05) is 26.0 Å². The number of ether oxygens (including phenoxy) is 1. The molecule has 1 aromatic carbocycles. The summed E-state index contributed by atoms with van der Waals surface area (Å²) >= 11 is 0. The van der Waals surface area contributed by atoms with Crippen LogP contribution in [0, 0.1) is 13.8 Å². The highest BCUT2D eigenvalue weighted by Gasteiger charge is 2.21. The van der Waals surface area contributed by atoms with Crippen molar-refractivity contribution in [1.29, 1.82) is 0 Å². The molecule has 5 heteroatoms. The summed E-state index contributed by atoms with van der Waals surface area (Å²) in [5, 5.41) is 0. The van der Waals surface area contributed by atoms with E-state index in [9.17, 15) is 9.59 Å². The molecule has 0 aliphatic carbocycles. The number of aromatic amines is 2. The average molecular weight is 244 g/mol. The van der Waals surface area contributed by atoms with Crippen molar-refractivity contribution in [3.05, 3.63) is 55.2 Å². The smallest absolute Gasteiger partial charge is 0.328 e. The van der Waals surface area contributed by atoms with Crippen LogP contribution in [0.2, 0.25) is 0 Å². The lowest BCUT2D eigenvalue weighted by Crippen LogP contribution is -2.28. The van der Waals surface area contributed by atoms with E-state index < -0.39 is 11.2 Å². The van der Waals surface area contributed by atoms with E-state index in [0.29, 0.717) is 17.7 Å². The van der Waals surface area contributed by atoms with Crippen LogP contribution in [0.4, 0.5) is 0 Å². The monoisotopic (exact) mass is 244 g/mol. The Morgan fingerprint density at radius 2 is 1.83 bits per heavy atom. The lowest BCUT2D eigenvalue weighted by Gasteiger charge is -2.19. The third-order valence-corrected chi connectivity index (χ3v) is 3.26. The minimum absolute atomic E-state index is 0.250. The van der Waals surface area contributed by atoms with E-state index in [-0.39, 0.29) is 5.88 Å². The van der Waals surface area contributed by atoms with Gasteiger partial charge in [-0.15, -0.1) is 0 Å². The van der Waals surface area contributed by atoms with Crippen LogP contribution in [0.3, 0.4) is 0 Å². The Kier molecular flexibility index (Phi) is 2.16. The van der Waals surface area contributed by atoms with Crippen LogP contribution in [-0.4, -0.2) is 9.97 Å². The second-order valence-corrected chi connectivity index (χ2v) is 4.54. The molecule has 5 nitrogen and oxygen atoms in total. The minimum Gasteiger partial charge on any atom is -0.440 e. The number of nitrogens with one attached hydrogen (secondary N) is 2. The first kappa shape index (κ1) is 10.8. The first-order valence-corrected chi connectivity index (χ1v) is 5.68. The second kappa shape index (κ2) is 3.60. The van der Waals surface area contributed by atoms with Crippen molar-refractivity contribution >= 4 is 0 Å². The molecule has 0 saturated heterocycles. The van der Waals surface area contributed by atoms with E-state index >= 15 is 0 Å². The van der Waals surface area contributed by atoms with Gasteiger partial charge in [-0.25, -0.2) is 4.79 Å². The highest BCUT2D eigenvalue weighted by molar-refractivity contribution is 5.49. The predicted octanol–water partition coefficient (Wildman–Crippen LogP) is 1.38. The Morgan fingerprint density at radius 3 is 2.61 bits per heavy atom. The zero-order valence-corrected chi connectivity index (χ0v) is 10.1. The highest BCUT2D eigenvalue weighted by Crippen LogP contribution is 2.34. The molecular weight excluding hydrogens is 232 g/mol. The average Bonchev–Trinajstić information content (AvgIpc) is 2.29. The van der Waals surface area contributed by atoms with Crippen LogP contribution >= 0.6 is 0 Å². The maximum absolute atomic E-state index is 11.7. The number of fused-ring (bicyclic) bond motifs is 2. The maximum atomic E-state index is 11.7. The molecule has 3 rings (SSSR count). The van der Waals surface area contributed by atoms with E-state index in [1.54, 1.807) is 0 Å². The third-order valence-electron chi connectivity index (χ3n) is 3.26. The minimum atomic E-state index is -0.550. The van der Waals surface area contributed by atoms with E-state index in [4.69, 9.17) is 4.74 Å². The first-order valence-electron chi connectivity index (χ1n) is 5.68. The number of rotatable bonds is 0. The van der Waals surface area contributed by atoms with Crippen molar-refractivity contribution < 1.29 is 4.74 Å². The summed E-state index contributed by atoms with van der Waals surface area (Å²) in [6, 6.07) is 3.94. The fourth-order valence-corrected chi connectivity index (χ4v) is 2.12. The number of hydrogen-bond acceptors (Lipinski definition) is 3. The van der Waals surface area contributed by atoms with Gasteiger partial charge in [-0.1, -0.05) is 6.07 Å². The Morgan fingerprint density at radius 1 is 1.11 bits per heavy atom. The Labute approximate surface area is 102 Å². The molecule has 1 aromatic heterocycles. The van der Waals surface area contributed by atoms with Crippen molar-refractivity contribution in [2.45, 2.75) is 20.3 Å². The molecule has 0 unspecified atom stereocenters. The van der Waals surface area contributed by atoms with Crippen LogP contribution in [0.5, 0.6) is 11.6 Å². The van der Waals surface area contributed by atoms with E-state index in [1.165, 1.54) is 0 Å². The normalized spacial score (nSPS) is 12.6. The van der Waals surface area contributed by atoms with Gasteiger partial charge in [0.25, 0.3) is 5.56 Å². The van der Waals surface area contributed by atoms with Gasteiger partial charge in [-0.05, 0) is 36.6 Å². The Balaban J connectivity index is 2.21. The second-order valence-electron chi connectivity index (χ2n) is 4.54. The zero-order valence-electron chi connectivity index (χ0n) is 10.1. The summed E-state index contributed by atoms with van der Waals surface area (Å²) in [4.78, 5) is 27.6. The molecule has 18 heavy (non-hydrogen) atoms. The summed E-state index contributed by atoms with van der Waals surface area (Å²) in [5.74, 6) is 0.950. The van der Waals surface area contributed by atoms with Gasteiger partial charge in [0.15, 0.2) is 0 Å². The van der Waals surface area contributed by atoms with Gasteiger partial charge in [0, 0.05) is 6.42 Å². The SMILES string of the molecule is Cc1cc2c(cc1C)Oc1[nH]c(=O)[nH]c(=O)c1C2. The molecule has 0 fully saturated rings. The molecule has 2 heterocycles. The summed E-state index contributed by atoms with van der Waals surface area (Å²) in [6.45, 7) is 4.01. The Hall–Kier alpha value is -2.30. The number of benzene rings is 1. The quantitative estimate of drug-likeness (QED) is 0.627. The first-order chi connectivity index (χ1) is 8.54. The van der Waals surface area contributed by atoms with E-state index in [0.717, 1.165) is 16.7 Å². The molecule has 2 aromatic rings. The summed E-state index contributed by atoms with van der Waals surface area (Å²) in [6.07, 6.45) is 0.470. The largest absolute Gasteiger partial charge is 0.440 e. The van der Waals surface area contributed by atoms with Gasteiger partial charge < -0.3 is 4.74 Å². The zero-order chi connectivity index (χ0) is 12.9. The number of hydrogen-bond donors (Lipinski definition) is 2. The van der Waals surface area contributed by atoms with Crippen LogP contribution in [0.25, 0.3) is 0 Å². The Bertz CT molecular complexity index is 756. The molecule has 0 amide bonds. The van der Waals surface area contributed by atoms with Crippen molar-refractivity contribution in [1.82, 2.24) is 9.97 Å². The number of H-pyrrole nitrogens is 2. The van der Waals surface area contributed by atoms with E-state index in [2.05, 4.69) is 9.97 Å². The molecule has 0 bridgehead atoms. The molecule has 92 valence electrons. The molecular formula is C13H12N2O3. The summed E-state index contributed by atoms with van der Waals surface area (Å²) < 4.78 is 5.60. The van der Waals surface area contributed by atoms with Gasteiger partial charge in [0.2, 0.25) is 5.88 Å². The van der Waals surface area contributed by atoms with Gasteiger partial charge in [0.1, 0.15) is 5.75 Å². The predicted molar refractivity (Wildman–Crippen MR) is 66.5 cm³/mol. The van der Waals surface area contributed by atoms with Gasteiger partial charge in [-0.2, -0.15) is 0 Å². The van der Waals surface area contributed by atoms with Crippen LogP contribution < -0.4 is 16.0 Å². The summed E-state index contributed by atoms with van der Waals surface area (Å²) in [5.41, 5.74) is 2.75. The molecule has 0 saturated carbocycles. The summed E-state index contributed by atoms with van der Waals surface area (Å²) in [7, 11) is 0. The van der Waals surface area contributed by atoms with Crippen LogP contribution in [0.1, 0.15) is 22.3 Å². The molecule has 0 spiro atoms. The lowest BCUT2D eigenvalue weighted by atomic mass is 9.98. The van der Waals surface area contributed by atoms with Crippen molar-refractivity contribution in [3.63, 3.8) is 0 Å². The van der Waals surface area contributed by atoms with Crippen molar-refractivity contribution in [3.8, 4) is 11.6 Å². The molecule has 1 aliphatic rings. The number of aromatic nitrogens is 2. The molecule has 2 N–H and O–H groups in total. The van der Waals surface area contributed by atoms with Crippen LogP contribution in [-0.2, 0) is 6.42 Å². The van der Waals surface area contributed by atoms with Gasteiger partial charge >= 0.3 is 5.69 Å². The number of aryl methyl sites for hydroxylation is 2. The molecule has 0 atom stereocenters.